The third-order valence-electron chi connectivity index (χ3n) is 8.87. The van der Waals surface area contributed by atoms with Crippen molar-refractivity contribution in [3.63, 3.8) is 0 Å². The maximum atomic E-state index is 13.0. The number of hydrogen-bond acceptors (Lipinski definition) is 5. The van der Waals surface area contributed by atoms with Crippen molar-refractivity contribution >= 4 is 29.2 Å². The zero-order valence-electron chi connectivity index (χ0n) is 22.8. The van der Waals surface area contributed by atoms with E-state index >= 15 is 0 Å². The first-order chi connectivity index (χ1) is 18.7. The summed E-state index contributed by atoms with van der Waals surface area (Å²) in [6.45, 7) is 2.59. The molecule has 3 aliphatic rings. The highest BCUT2D eigenvalue weighted by molar-refractivity contribution is 6.30. The van der Waals surface area contributed by atoms with Crippen molar-refractivity contribution in [3.05, 3.63) is 58.1 Å². The van der Waals surface area contributed by atoms with E-state index in [1.807, 2.05) is 6.07 Å². The van der Waals surface area contributed by atoms with E-state index in [-0.39, 0.29) is 16.9 Å². The lowest BCUT2D eigenvalue weighted by Crippen LogP contribution is -2.46. The Hall–Kier alpha value is -2.77. The lowest BCUT2D eigenvalue weighted by atomic mass is 9.70. The number of aliphatic hydroxyl groups is 1. The van der Waals surface area contributed by atoms with Gasteiger partial charge < -0.3 is 24.7 Å². The molecule has 2 atom stereocenters. The number of ether oxygens (including phenoxy) is 1. The van der Waals surface area contributed by atoms with Gasteiger partial charge in [-0.25, -0.2) is 4.79 Å². The third-order valence-corrected chi connectivity index (χ3v) is 9.11. The fourth-order valence-corrected chi connectivity index (χ4v) is 6.74. The number of rotatable bonds is 1. The molecule has 0 fully saturated rings. The molecule has 1 amide bonds. The fraction of sp³-hybridized carbons (Fsp3) is 0.548. The number of fused-ring (bicyclic) bond motifs is 3. The third kappa shape index (κ3) is 5.62. The van der Waals surface area contributed by atoms with Crippen LogP contribution in [0.1, 0.15) is 74.5 Å². The number of benzene rings is 2. The van der Waals surface area contributed by atoms with E-state index in [1.54, 1.807) is 25.2 Å². The summed E-state index contributed by atoms with van der Waals surface area (Å²) in [4.78, 5) is 29.3. The van der Waals surface area contributed by atoms with Gasteiger partial charge in [0.15, 0.2) is 5.60 Å². The lowest BCUT2D eigenvalue weighted by Gasteiger charge is -2.41. The number of carboxylic acids is 1. The van der Waals surface area contributed by atoms with Crippen LogP contribution in [0.2, 0.25) is 5.02 Å². The fourth-order valence-electron chi connectivity index (χ4n) is 6.55. The number of carbonyl (C=O) groups is 2. The molecule has 0 aromatic heterocycles. The highest BCUT2D eigenvalue weighted by Crippen LogP contribution is 2.45. The summed E-state index contributed by atoms with van der Waals surface area (Å²) in [5.74, 6) is -1.14. The monoisotopic (exact) mass is 554 g/mol. The molecule has 2 aromatic rings. The standard InChI is InChI=1S/C31H39ClN2O5/c1-33-15-6-4-2-3-5-7-16-34-20-30(14-8-9-22-17-24(32)11-12-25(22)30)21-39-27-13-10-23(18-26(27)34)31(38,29(36)37)19-28(33)35/h10-13,17-18,38H,2-9,14-16,19-21H2,1H3,(H,36,37)/t30-,31-/m0/s1. The van der Waals surface area contributed by atoms with Crippen molar-refractivity contribution < 1.29 is 24.5 Å². The summed E-state index contributed by atoms with van der Waals surface area (Å²) in [5, 5.41) is 22.3. The van der Waals surface area contributed by atoms with Crippen LogP contribution in [0.25, 0.3) is 0 Å². The van der Waals surface area contributed by atoms with Crippen LogP contribution >= 0.6 is 11.6 Å². The van der Waals surface area contributed by atoms with E-state index in [0.717, 1.165) is 81.6 Å². The van der Waals surface area contributed by atoms with Gasteiger partial charge in [-0.2, -0.15) is 0 Å². The molecule has 2 bridgehead atoms. The molecule has 210 valence electrons. The molecule has 39 heavy (non-hydrogen) atoms. The molecule has 7 nitrogen and oxygen atoms in total. The summed E-state index contributed by atoms with van der Waals surface area (Å²) >= 11 is 6.35. The van der Waals surface area contributed by atoms with Gasteiger partial charge in [0.25, 0.3) is 0 Å². The number of carbonyl (C=O) groups excluding carboxylic acids is 1. The molecule has 2 aromatic carbocycles. The van der Waals surface area contributed by atoms with Crippen molar-refractivity contribution in [1.29, 1.82) is 0 Å². The predicted molar refractivity (Wildman–Crippen MR) is 152 cm³/mol. The molecule has 1 spiro atoms. The molecular formula is C31H39ClN2O5. The van der Waals surface area contributed by atoms with E-state index in [2.05, 4.69) is 17.0 Å². The van der Waals surface area contributed by atoms with E-state index in [4.69, 9.17) is 16.3 Å². The first kappa shape index (κ1) is 27.8. The topological polar surface area (TPSA) is 90.3 Å². The minimum atomic E-state index is -2.33. The minimum Gasteiger partial charge on any atom is -0.490 e. The van der Waals surface area contributed by atoms with Crippen molar-refractivity contribution in [1.82, 2.24) is 4.90 Å². The largest absolute Gasteiger partial charge is 0.490 e. The smallest absolute Gasteiger partial charge is 0.340 e. The number of amides is 1. The zero-order valence-corrected chi connectivity index (χ0v) is 23.5. The molecule has 0 saturated carbocycles. The Bertz CT molecular complexity index is 1240. The second-order valence-corrected chi connectivity index (χ2v) is 12.0. The number of nitrogens with zero attached hydrogens (tertiary/aromatic N) is 2. The normalized spacial score (nSPS) is 26.5. The number of halogens is 1. The van der Waals surface area contributed by atoms with Crippen LogP contribution in [-0.4, -0.2) is 60.3 Å². The number of hydrogen-bond donors (Lipinski definition) is 2. The second-order valence-electron chi connectivity index (χ2n) is 11.6. The maximum absolute atomic E-state index is 13.0. The molecule has 8 heteroatoms. The van der Waals surface area contributed by atoms with Crippen LogP contribution in [0, 0.1) is 0 Å². The number of carboxylic acid groups (broad SMARTS) is 1. The van der Waals surface area contributed by atoms with Crippen LogP contribution in [-0.2, 0) is 27.0 Å². The van der Waals surface area contributed by atoms with Gasteiger partial charge in [0.1, 0.15) is 5.75 Å². The average molecular weight is 555 g/mol. The van der Waals surface area contributed by atoms with Gasteiger partial charge in [-0.3, -0.25) is 4.79 Å². The maximum Gasteiger partial charge on any atom is 0.340 e. The highest BCUT2D eigenvalue weighted by Gasteiger charge is 2.44. The summed E-state index contributed by atoms with van der Waals surface area (Å²) in [5.41, 5.74) is 0.956. The van der Waals surface area contributed by atoms with Crippen molar-refractivity contribution in [2.24, 2.45) is 0 Å². The Labute approximate surface area is 235 Å². The Balaban J connectivity index is 1.56. The van der Waals surface area contributed by atoms with E-state index in [9.17, 15) is 19.8 Å². The van der Waals surface area contributed by atoms with Gasteiger partial charge in [-0.05, 0) is 73.1 Å². The van der Waals surface area contributed by atoms with Crippen LogP contribution in [0.5, 0.6) is 5.75 Å². The van der Waals surface area contributed by atoms with Gasteiger partial charge in [0.2, 0.25) is 5.91 Å². The molecule has 5 rings (SSSR count). The van der Waals surface area contributed by atoms with Crippen LogP contribution in [0.15, 0.2) is 36.4 Å². The lowest BCUT2D eigenvalue weighted by molar-refractivity contribution is -0.164. The summed E-state index contributed by atoms with van der Waals surface area (Å²) in [6.07, 6.45) is 8.72. The van der Waals surface area contributed by atoms with Crippen LogP contribution < -0.4 is 9.64 Å². The highest BCUT2D eigenvalue weighted by atomic mass is 35.5. The second kappa shape index (κ2) is 11.4. The van der Waals surface area contributed by atoms with Gasteiger partial charge in [-0.15, -0.1) is 0 Å². The zero-order chi connectivity index (χ0) is 27.6. The summed E-state index contributed by atoms with van der Waals surface area (Å²) in [7, 11) is 1.68. The summed E-state index contributed by atoms with van der Waals surface area (Å²) in [6, 6.07) is 11.3. The Morgan fingerprint density at radius 2 is 1.74 bits per heavy atom. The quantitative estimate of drug-likeness (QED) is 0.498. The Morgan fingerprint density at radius 1 is 1.00 bits per heavy atom. The first-order valence-corrected chi connectivity index (χ1v) is 14.6. The van der Waals surface area contributed by atoms with Crippen molar-refractivity contribution in [3.8, 4) is 5.75 Å². The number of aliphatic carboxylic acids is 1. The van der Waals surface area contributed by atoms with Gasteiger partial charge in [0, 0.05) is 37.1 Å². The van der Waals surface area contributed by atoms with Crippen molar-refractivity contribution in [2.45, 2.75) is 75.2 Å². The molecular weight excluding hydrogens is 516 g/mol. The van der Waals surface area contributed by atoms with Crippen molar-refractivity contribution in [2.75, 3.05) is 38.2 Å². The van der Waals surface area contributed by atoms with E-state index in [0.29, 0.717) is 18.9 Å². The molecule has 0 saturated heterocycles. The van der Waals surface area contributed by atoms with E-state index in [1.165, 1.54) is 16.0 Å². The molecule has 2 N–H and O–H groups in total. The summed E-state index contributed by atoms with van der Waals surface area (Å²) < 4.78 is 6.48. The Kier molecular flexibility index (Phi) is 8.11. The molecule has 2 aliphatic heterocycles. The SMILES string of the molecule is CN1CCCCCCCCN2C[C@@]3(CCCc4cc(Cl)ccc43)COc3ccc(cc32)[C@](O)(C(=O)O)CC1=O. The molecule has 0 unspecified atom stereocenters. The predicted octanol–water partition coefficient (Wildman–Crippen LogP) is 5.29. The molecule has 1 aliphatic carbocycles. The number of aryl methyl sites for hydroxylation is 1. The van der Waals surface area contributed by atoms with Crippen LogP contribution in [0.4, 0.5) is 5.69 Å². The Morgan fingerprint density at radius 3 is 2.51 bits per heavy atom. The van der Waals surface area contributed by atoms with E-state index < -0.39 is 18.0 Å². The van der Waals surface area contributed by atoms with Crippen LogP contribution in [0.3, 0.4) is 0 Å². The van der Waals surface area contributed by atoms with Gasteiger partial charge in [-0.1, -0.05) is 49.4 Å². The average Bonchev–Trinajstić information content (AvgIpc) is 3.06. The molecule has 2 heterocycles. The van der Waals surface area contributed by atoms with Gasteiger partial charge in [0.05, 0.1) is 18.7 Å². The molecule has 0 radical (unpaired) electrons. The first-order valence-electron chi connectivity index (χ1n) is 14.2. The van der Waals surface area contributed by atoms with Gasteiger partial charge >= 0.3 is 5.97 Å². The number of anilines is 1. The minimum absolute atomic E-state index is 0.197.